The second-order valence-corrected chi connectivity index (χ2v) is 4.54. The molecule has 2 aromatic rings. The van der Waals surface area contributed by atoms with Crippen LogP contribution < -0.4 is 4.90 Å². The van der Waals surface area contributed by atoms with Gasteiger partial charge < -0.3 is 9.47 Å². The number of rotatable bonds is 2. The van der Waals surface area contributed by atoms with E-state index in [1.54, 1.807) is 0 Å². The third kappa shape index (κ3) is 2.04. The molecule has 0 bridgehead atoms. The van der Waals surface area contributed by atoms with Crippen LogP contribution in [0.25, 0.3) is 0 Å². The molecule has 0 aliphatic carbocycles. The number of halogens is 1. The number of imidazole rings is 1. The van der Waals surface area contributed by atoms with Gasteiger partial charge in [0.1, 0.15) is 5.82 Å². The summed E-state index contributed by atoms with van der Waals surface area (Å²) in [5.74, 6) is 1.85. The molecule has 0 unspecified atom stereocenters. The molecule has 17 heavy (non-hydrogen) atoms. The summed E-state index contributed by atoms with van der Waals surface area (Å²) in [6.45, 7) is 2.65. The average Bonchev–Trinajstić information content (AvgIpc) is 2.86. The number of alkyl halides is 1. The fourth-order valence-electron chi connectivity index (χ4n) is 1.92. The van der Waals surface area contributed by atoms with Crippen LogP contribution in [0.15, 0.2) is 24.8 Å². The lowest BCUT2D eigenvalue weighted by Crippen LogP contribution is -2.34. The third-order valence-corrected chi connectivity index (χ3v) is 3.52. The Morgan fingerprint density at radius 3 is 2.76 bits per heavy atom. The van der Waals surface area contributed by atoms with Crippen LogP contribution in [-0.4, -0.2) is 26.1 Å². The van der Waals surface area contributed by atoms with Crippen LogP contribution in [0.2, 0.25) is 0 Å². The van der Waals surface area contributed by atoms with Gasteiger partial charge in [0.05, 0.1) is 6.54 Å². The summed E-state index contributed by atoms with van der Waals surface area (Å²) < 4.78 is 2.17. The van der Waals surface area contributed by atoms with E-state index in [0.29, 0.717) is 0 Å². The molecule has 0 fully saturated rings. The average molecular weight is 294 g/mol. The summed E-state index contributed by atoms with van der Waals surface area (Å²) >= 11 is 3.39. The fraction of sp³-hybridized carbons (Fsp3) is 0.364. The Morgan fingerprint density at radius 1 is 1.18 bits per heavy atom. The maximum Gasteiger partial charge on any atom is 0.225 e. The number of aromatic nitrogens is 4. The first-order chi connectivity index (χ1) is 8.36. The molecule has 88 valence electrons. The van der Waals surface area contributed by atoms with Crippen LogP contribution in [0, 0.1) is 0 Å². The lowest BCUT2D eigenvalue weighted by atomic mass is 10.3. The number of fused-ring (bicyclic) bond motifs is 1. The van der Waals surface area contributed by atoms with Gasteiger partial charge in [0.15, 0.2) is 0 Å². The van der Waals surface area contributed by atoms with Crippen LogP contribution in [0.1, 0.15) is 11.4 Å². The smallest absolute Gasteiger partial charge is 0.225 e. The highest BCUT2D eigenvalue weighted by molar-refractivity contribution is 9.08. The fourth-order valence-corrected chi connectivity index (χ4v) is 2.21. The molecule has 0 radical (unpaired) electrons. The van der Waals surface area contributed by atoms with Gasteiger partial charge in [-0.3, -0.25) is 0 Å². The standard InChI is InChI=1S/C11H12BrN5/c12-5-9-6-14-11(15-7-9)17-4-3-16-2-1-13-10(16)8-17/h1-2,6-7H,3-5,8H2. The van der Waals surface area contributed by atoms with Crippen LogP contribution in [0.3, 0.4) is 0 Å². The first kappa shape index (κ1) is 10.7. The van der Waals surface area contributed by atoms with Crippen LogP contribution in [0.4, 0.5) is 5.95 Å². The van der Waals surface area contributed by atoms with Gasteiger partial charge in [0, 0.05) is 43.2 Å². The topological polar surface area (TPSA) is 46.8 Å². The van der Waals surface area contributed by atoms with E-state index >= 15 is 0 Å². The second-order valence-electron chi connectivity index (χ2n) is 3.98. The Morgan fingerprint density at radius 2 is 2.00 bits per heavy atom. The first-order valence-corrected chi connectivity index (χ1v) is 6.61. The van der Waals surface area contributed by atoms with Crippen molar-refractivity contribution in [2.24, 2.45) is 0 Å². The summed E-state index contributed by atoms with van der Waals surface area (Å²) in [5.41, 5.74) is 1.09. The molecule has 0 saturated heterocycles. The van der Waals surface area contributed by atoms with Crippen LogP contribution in [0.5, 0.6) is 0 Å². The predicted molar refractivity (Wildman–Crippen MR) is 67.9 cm³/mol. The van der Waals surface area contributed by atoms with Crippen molar-refractivity contribution in [2.75, 3.05) is 11.4 Å². The minimum Gasteiger partial charge on any atom is -0.332 e. The Hall–Kier alpha value is -1.43. The molecular formula is C11H12BrN5. The summed E-state index contributed by atoms with van der Waals surface area (Å²) in [6, 6.07) is 0. The monoisotopic (exact) mass is 293 g/mol. The van der Waals surface area contributed by atoms with Crippen molar-refractivity contribution in [3.8, 4) is 0 Å². The molecule has 1 aliphatic rings. The number of nitrogens with zero attached hydrogens (tertiary/aromatic N) is 5. The minimum atomic E-state index is 0.778. The van der Waals surface area contributed by atoms with Gasteiger partial charge >= 0.3 is 0 Å². The molecule has 3 heterocycles. The van der Waals surface area contributed by atoms with E-state index in [9.17, 15) is 0 Å². The van der Waals surface area contributed by atoms with Crippen molar-refractivity contribution >= 4 is 21.9 Å². The molecule has 0 atom stereocenters. The molecular weight excluding hydrogens is 282 g/mol. The number of anilines is 1. The Kier molecular flexibility index (Phi) is 2.80. The quantitative estimate of drug-likeness (QED) is 0.789. The molecule has 3 rings (SSSR count). The molecule has 0 amide bonds. The van der Waals surface area contributed by atoms with E-state index in [1.807, 2.05) is 24.8 Å². The van der Waals surface area contributed by atoms with Crippen molar-refractivity contribution in [3.63, 3.8) is 0 Å². The summed E-state index contributed by atoms with van der Waals surface area (Å²) in [4.78, 5) is 15.2. The molecule has 1 aliphatic heterocycles. The lowest BCUT2D eigenvalue weighted by molar-refractivity contribution is 0.551. The second kappa shape index (κ2) is 4.44. The molecule has 0 saturated carbocycles. The van der Waals surface area contributed by atoms with E-state index in [2.05, 4.69) is 40.3 Å². The van der Waals surface area contributed by atoms with Crippen LogP contribution >= 0.6 is 15.9 Å². The largest absolute Gasteiger partial charge is 0.332 e. The third-order valence-electron chi connectivity index (χ3n) is 2.87. The Bertz CT molecular complexity index is 507. The highest BCUT2D eigenvalue weighted by Gasteiger charge is 2.18. The van der Waals surface area contributed by atoms with Crippen molar-refractivity contribution in [1.29, 1.82) is 0 Å². The van der Waals surface area contributed by atoms with E-state index in [0.717, 1.165) is 42.3 Å². The molecule has 0 spiro atoms. The minimum absolute atomic E-state index is 0.778. The van der Waals surface area contributed by atoms with E-state index in [4.69, 9.17) is 0 Å². The lowest BCUT2D eigenvalue weighted by Gasteiger charge is -2.27. The highest BCUT2D eigenvalue weighted by atomic mass is 79.9. The van der Waals surface area contributed by atoms with Gasteiger partial charge in [0.2, 0.25) is 5.95 Å². The van der Waals surface area contributed by atoms with E-state index in [1.165, 1.54) is 0 Å². The van der Waals surface area contributed by atoms with Crippen molar-refractivity contribution < 1.29 is 0 Å². The van der Waals surface area contributed by atoms with Gasteiger partial charge in [-0.1, -0.05) is 15.9 Å². The summed E-state index contributed by atoms with van der Waals surface area (Å²) in [5, 5.41) is 0.789. The molecule has 5 nitrogen and oxygen atoms in total. The summed E-state index contributed by atoms with van der Waals surface area (Å²) in [6.07, 6.45) is 7.57. The predicted octanol–water partition coefficient (Wildman–Crippen LogP) is 1.59. The van der Waals surface area contributed by atoms with Crippen molar-refractivity contribution in [1.82, 2.24) is 19.5 Å². The maximum atomic E-state index is 4.38. The highest BCUT2D eigenvalue weighted by Crippen LogP contribution is 2.16. The summed E-state index contributed by atoms with van der Waals surface area (Å²) in [7, 11) is 0. The van der Waals surface area contributed by atoms with E-state index in [-0.39, 0.29) is 0 Å². The zero-order valence-corrected chi connectivity index (χ0v) is 10.8. The number of hydrogen-bond acceptors (Lipinski definition) is 4. The van der Waals surface area contributed by atoms with Crippen molar-refractivity contribution in [3.05, 3.63) is 36.2 Å². The zero-order valence-electron chi connectivity index (χ0n) is 9.25. The van der Waals surface area contributed by atoms with Gasteiger partial charge in [0.25, 0.3) is 0 Å². The van der Waals surface area contributed by atoms with Gasteiger partial charge in [-0.15, -0.1) is 0 Å². The van der Waals surface area contributed by atoms with Gasteiger partial charge in [-0.05, 0) is 5.56 Å². The molecule has 6 heteroatoms. The zero-order chi connectivity index (χ0) is 11.7. The van der Waals surface area contributed by atoms with E-state index < -0.39 is 0 Å². The van der Waals surface area contributed by atoms with Crippen molar-refractivity contribution in [2.45, 2.75) is 18.4 Å². The molecule has 2 aromatic heterocycles. The molecule has 0 aromatic carbocycles. The normalized spacial score (nSPS) is 14.8. The maximum absolute atomic E-state index is 4.38. The van der Waals surface area contributed by atoms with Gasteiger partial charge in [-0.25, -0.2) is 15.0 Å². The van der Waals surface area contributed by atoms with Gasteiger partial charge in [-0.2, -0.15) is 0 Å². The Balaban J connectivity index is 1.81. The number of hydrogen-bond donors (Lipinski definition) is 0. The van der Waals surface area contributed by atoms with Crippen LogP contribution in [-0.2, 0) is 18.4 Å². The SMILES string of the molecule is BrCc1cnc(N2CCn3ccnc3C2)nc1. The first-order valence-electron chi connectivity index (χ1n) is 5.48. The molecule has 0 N–H and O–H groups in total. The Labute approximate surface area is 108 Å².